The lowest BCUT2D eigenvalue weighted by molar-refractivity contribution is -0.115. The standard InChI is InChI=1S/C4H6I2O/c1-3(6)4(7)2-5/h3H,2H2,1H3. The van der Waals surface area contributed by atoms with Crippen LogP contribution in [-0.2, 0) is 4.79 Å². The summed E-state index contributed by atoms with van der Waals surface area (Å²) in [5.74, 6) is 0.321. The first-order chi connectivity index (χ1) is 3.18. The van der Waals surface area contributed by atoms with Crippen LogP contribution < -0.4 is 0 Å². The molecule has 0 amide bonds. The second-order valence-electron chi connectivity index (χ2n) is 1.22. The zero-order chi connectivity index (χ0) is 5.86. The van der Waals surface area contributed by atoms with Gasteiger partial charge in [0.25, 0.3) is 0 Å². The van der Waals surface area contributed by atoms with Crippen molar-refractivity contribution in [1.82, 2.24) is 0 Å². The van der Waals surface area contributed by atoms with Crippen LogP contribution in [0, 0.1) is 0 Å². The Morgan fingerprint density at radius 1 is 1.86 bits per heavy atom. The number of carbonyl (C=O) groups excluding carboxylic acids is 1. The fourth-order valence-electron chi connectivity index (χ4n) is 0.106. The molecule has 0 rings (SSSR count). The fourth-order valence-corrected chi connectivity index (χ4v) is 1.83. The second-order valence-corrected chi connectivity index (χ2v) is 3.85. The zero-order valence-corrected chi connectivity index (χ0v) is 8.26. The molecule has 0 fully saturated rings. The van der Waals surface area contributed by atoms with Gasteiger partial charge in [-0.2, -0.15) is 0 Å². The first-order valence-corrected chi connectivity index (χ1v) is 4.68. The van der Waals surface area contributed by atoms with Crippen molar-refractivity contribution in [3.8, 4) is 0 Å². The van der Waals surface area contributed by atoms with Crippen LogP contribution in [0.3, 0.4) is 0 Å². The minimum atomic E-state index is 0.189. The van der Waals surface area contributed by atoms with E-state index < -0.39 is 0 Å². The van der Waals surface area contributed by atoms with E-state index in [2.05, 4.69) is 45.2 Å². The monoisotopic (exact) mass is 324 g/mol. The van der Waals surface area contributed by atoms with E-state index in [4.69, 9.17) is 0 Å². The molecule has 0 bridgehead atoms. The molecule has 0 heterocycles. The number of carbonyl (C=O) groups is 1. The van der Waals surface area contributed by atoms with E-state index in [0.29, 0.717) is 10.2 Å². The van der Waals surface area contributed by atoms with Crippen LogP contribution in [0.1, 0.15) is 6.92 Å². The molecule has 3 heteroatoms. The Labute approximate surface area is 70.5 Å². The SMILES string of the molecule is CC(I)C(=O)CI. The van der Waals surface area contributed by atoms with Gasteiger partial charge < -0.3 is 0 Å². The molecular weight excluding hydrogens is 318 g/mol. The molecular formula is C4H6I2O. The molecule has 7 heavy (non-hydrogen) atoms. The van der Waals surface area contributed by atoms with E-state index in [1.807, 2.05) is 6.92 Å². The first kappa shape index (κ1) is 8.13. The van der Waals surface area contributed by atoms with E-state index in [0.717, 1.165) is 0 Å². The van der Waals surface area contributed by atoms with Crippen molar-refractivity contribution >= 4 is 51.0 Å². The lowest BCUT2D eigenvalue weighted by atomic mass is 10.4. The molecule has 0 aromatic carbocycles. The molecule has 1 atom stereocenters. The third-order valence-electron chi connectivity index (χ3n) is 0.575. The summed E-state index contributed by atoms with van der Waals surface area (Å²) in [6.45, 7) is 1.90. The van der Waals surface area contributed by atoms with Crippen molar-refractivity contribution in [2.45, 2.75) is 10.8 Å². The quantitative estimate of drug-likeness (QED) is 0.559. The van der Waals surface area contributed by atoms with Gasteiger partial charge in [-0.1, -0.05) is 45.2 Å². The Morgan fingerprint density at radius 3 is 2.29 bits per heavy atom. The molecule has 1 unspecified atom stereocenters. The topological polar surface area (TPSA) is 17.1 Å². The average Bonchev–Trinajstić information content (AvgIpc) is 1.65. The zero-order valence-electron chi connectivity index (χ0n) is 3.95. The Bertz CT molecular complexity index is 70.1. The van der Waals surface area contributed by atoms with Crippen LogP contribution in [0.15, 0.2) is 0 Å². The van der Waals surface area contributed by atoms with E-state index in [-0.39, 0.29) is 3.92 Å². The minimum Gasteiger partial charge on any atom is -0.298 e. The summed E-state index contributed by atoms with van der Waals surface area (Å²) in [5, 5.41) is 0. The maximum atomic E-state index is 10.5. The van der Waals surface area contributed by atoms with Gasteiger partial charge in [-0.15, -0.1) is 0 Å². The highest BCUT2D eigenvalue weighted by atomic mass is 127. The number of rotatable bonds is 2. The van der Waals surface area contributed by atoms with E-state index in [1.54, 1.807) is 0 Å². The predicted molar refractivity (Wildman–Crippen MR) is 47.4 cm³/mol. The molecule has 0 spiro atoms. The summed E-state index contributed by atoms with van der Waals surface area (Å²) in [6, 6.07) is 0. The Morgan fingerprint density at radius 2 is 2.29 bits per heavy atom. The largest absolute Gasteiger partial charge is 0.298 e. The van der Waals surface area contributed by atoms with Crippen LogP contribution in [0.2, 0.25) is 0 Å². The lowest BCUT2D eigenvalue weighted by Crippen LogP contribution is -2.09. The molecule has 0 aliphatic heterocycles. The van der Waals surface area contributed by atoms with Crippen LogP contribution in [0.5, 0.6) is 0 Å². The number of hydrogen-bond donors (Lipinski definition) is 0. The van der Waals surface area contributed by atoms with Crippen LogP contribution in [0.4, 0.5) is 0 Å². The summed E-state index contributed by atoms with van der Waals surface area (Å²) in [6.07, 6.45) is 0. The first-order valence-electron chi connectivity index (χ1n) is 1.91. The lowest BCUT2D eigenvalue weighted by Gasteiger charge is -1.93. The molecule has 0 aliphatic carbocycles. The molecule has 0 aromatic heterocycles. The highest BCUT2D eigenvalue weighted by Gasteiger charge is 2.03. The predicted octanol–water partition coefficient (Wildman–Crippen LogP) is 1.81. The number of alkyl halides is 2. The number of halogens is 2. The summed E-state index contributed by atoms with van der Waals surface area (Å²) < 4.78 is 0.830. The molecule has 0 aliphatic rings. The highest BCUT2D eigenvalue weighted by Crippen LogP contribution is 2.01. The summed E-state index contributed by atoms with van der Waals surface area (Å²) in [7, 11) is 0. The van der Waals surface area contributed by atoms with E-state index in [1.165, 1.54) is 0 Å². The smallest absolute Gasteiger partial charge is 0.155 e. The molecule has 1 nitrogen and oxygen atoms in total. The number of Topliss-reactive ketones (excluding diaryl/α,β-unsaturated/α-hetero) is 1. The molecule has 42 valence electrons. The van der Waals surface area contributed by atoms with Gasteiger partial charge in [-0.05, 0) is 6.92 Å². The number of hydrogen-bond acceptors (Lipinski definition) is 1. The van der Waals surface area contributed by atoms with Crippen LogP contribution >= 0.6 is 45.2 Å². The van der Waals surface area contributed by atoms with Gasteiger partial charge in [0, 0.05) is 0 Å². The van der Waals surface area contributed by atoms with Gasteiger partial charge >= 0.3 is 0 Å². The third-order valence-corrected chi connectivity index (χ3v) is 2.02. The second kappa shape index (κ2) is 4.05. The molecule has 0 saturated carbocycles. The van der Waals surface area contributed by atoms with Crippen molar-refractivity contribution < 1.29 is 4.79 Å². The summed E-state index contributed by atoms with van der Waals surface area (Å²) in [4.78, 5) is 10.5. The maximum Gasteiger partial charge on any atom is 0.155 e. The molecule has 0 N–H and O–H groups in total. The maximum absolute atomic E-state index is 10.5. The van der Waals surface area contributed by atoms with Crippen molar-refractivity contribution in [3.63, 3.8) is 0 Å². The summed E-state index contributed by atoms with van der Waals surface area (Å²) in [5.41, 5.74) is 0. The Kier molecular flexibility index (Phi) is 4.71. The third kappa shape index (κ3) is 3.69. The Balaban J connectivity index is 3.35. The van der Waals surface area contributed by atoms with Crippen molar-refractivity contribution in [3.05, 3.63) is 0 Å². The van der Waals surface area contributed by atoms with Gasteiger partial charge in [0.15, 0.2) is 5.78 Å². The van der Waals surface area contributed by atoms with E-state index in [9.17, 15) is 4.79 Å². The van der Waals surface area contributed by atoms with Gasteiger partial charge in [0.2, 0.25) is 0 Å². The summed E-state index contributed by atoms with van der Waals surface area (Å²) >= 11 is 4.19. The minimum absolute atomic E-state index is 0.189. The van der Waals surface area contributed by atoms with Crippen LogP contribution in [-0.4, -0.2) is 14.1 Å². The van der Waals surface area contributed by atoms with Gasteiger partial charge in [0.1, 0.15) is 0 Å². The fraction of sp³-hybridized carbons (Fsp3) is 0.750. The normalized spacial score (nSPS) is 13.6. The number of ketones is 1. The van der Waals surface area contributed by atoms with Gasteiger partial charge in [-0.3, -0.25) is 4.79 Å². The van der Waals surface area contributed by atoms with Crippen molar-refractivity contribution in [2.24, 2.45) is 0 Å². The van der Waals surface area contributed by atoms with Gasteiger partial charge in [0.05, 0.1) is 8.35 Å². The molecule has 0 radical (unpaired) electrons. The highest BCUT2D eigenvalue weighted by molar-refractivity contribution is 14.1. The molecule has 0 saturated heterocycles. The van der Waals surface area contributed by atoms with E-state index >= 15 is 0 Å². The average molecular weight is 324 g/mol. The van der Waals surface area contributed by atoms with Crippen LogP contribution in [0.25, 0.3) is 0 Å². The molecule has 0 aromatic rings. The van der Waals surface area contributed by atoms with Crippen molar-refractivity contribution in [1.29, 1.82) is 0 Å². The van der Waals surface area contributed by atoms with Crippen molar-refractivity contribution in [2.75, 3.05) is 4.43 Å². The Hall–Kier alpha value is 1.13. The van der Waals surface area contributed by atoms with Gasteiger partial charge in [-0.25, -0.2) is 0 Å².